The van der Waals surface area contributed by atoms with Crippen LogP contribution in [0.25, 0.3) is 0 Å². The normalized spacial score (nSPS) is 23.6. The number of allylic oxidation sites excluding steroid dienone is 1. The molecule has 7 heteroatoms. The Labute approximate surface area is 156 Å². The van der Waals surface area contributed by atoms with E-state index in [4.69, 9.17) is 16.0 Å². The van der Waals surface area contributed by atoms with Crippen LogP contribution in [0.4, 0.5) is 0 Å². The molecule has 0 bridgehead atoms. The summed E-state index contributed by atoms with van der Waals surface area (Å²) in [5.74, 6) is 2.92. The molecule has 0 aromatic rings. The van der Waals surface area contributed by atoms with E-state index in [1.54, 1.807) is 6.08 Å². The van der Waals surface area contributed by atoms with Crippen LogP contribution < -0.4 is 16.5 Å². The number of hydroxylamine groups is 1. The Hall–Kier alpha value is -2.02. The molecule has 1 aliphatic carbocycles. The van der Waals surface area contributed by atoms with E-state index < -0.39 is 0 Å². The van der Waals surface area contributed by atoms with Gasteiger partial charge in [-0.3, -0.25) is 5.41 Å². The zero-order valence-electron chi connectivity index (χ0n) is 16.1. The number of aliphatic imine (C=N–C) groups is 1. The molecule has 5 N–H and O–H groups in total. The molecule has 7 nitrogen and oxygen atoms in total. The summed E-state index contributed by atoms with van der Waals surface area (Å²) >= 11 is 0. The molecule has 0 unspecified atom stereocenters. The van der Waals surface area contributed by atoms with Gasteiger partial charge in [-0.05, 0) is 51.1 Å². The number of rotatable bonds is 6. The van der Waals surface area contributed by atoms with E-state index in [0.29, 0.717) is 40.9 Å². The van der Waals surface area contributed by atoms with Crippen molar-refractivity contribution in [3.8, 4) is 0 Å². The van der Waals surface area contributed by atoms with Gasteiger partial charge in [0.1, 0.15) is 11.7 Å². The first-order valence-electron chi connectivity index (χ1n) is 9.70. The van der Waals surface area contributed by atoms with E-state index in [1.807, 2.05) is 6.92 Å². The number of amidine groups is 2. The van der Waals surface area contributed by atoms with Crippen molar-refractivity contribution in [1.82, 2.24) is 15.7 Å². The van der Waals surface area contributed by atoms with Crippen molar-refractivity contribution in [2.45, 2.75) is 52.5 Å². The molecule has 2 heterocycles. The lowest BCUT2D eigenvalue weighted by molar-refractivity contribution is 0.174. The molecule has 0 radical (unpaired) electrons. The molecule has 0 atom stereocenters. The molecule has 0 aromatic carbocycles. The quantitative estimate of drug-likeness (QED) is 0.429. The summed E-state index contributed by atoms with van der Waals surface area (Å²) < 4.78 is 0. The molecule has 3 aliphatic rings. The van der Waals surface area contributed by atoms with E-state index in [2.05, 4.69) is 34.5 Å². The first kappa shape index (κ1) is 18.8. The van der Waals surface area contributed by atoms with Crippen LogP contribution in [0.15, 0.2) is 28.2 Å². The van der Waals surface area contributed by atoms with Crippen LogP contribution in [0, 0.1) is 17.2 Å². The van der Waals surface area contributed by atoms with E-state index in [9.17, 15) is 0 Å². The molecule has 2 aliphatic heterocycles. The molecular weight excluding hydrogens is 328 g/mol. The molecule has 1 saturated heterocycles. The fourth-order valence-electron chi connectivity index (χ4n) is 3.24. The fourth-order valence-corrected chi connectivity index (χ4v) is 3.24. The average Bonchev–Trinajstić information content (AvgIpc) is 3.35. The predicted octanol–water partition coefficient (Wildman–Crippen LogP) is 2.09. The molecule has 144 valence electrons. The van der Waals surface area contributed by atoms with E-state index >= 15 is 0 Å². The maximum absolute atomic E-state index is 8.69. The number of hydrogen-bond donors (Lipinski definition) is 4. The van der Waals surface area contributed by atoms with E-state index in [0.717, 1.165) is 51.2 Å². The van der Waals surface area contributed by atoms with Gasteiger partial charge < -0.3 is 20.8 Å². The Morgan fingerprint density at radius 1 is 1.38 bits per heavy atom. The summed E-state index contributed by atoms with van der Waals surface area (Å²) in [5, 5.41) is 12.3. The summed E-state index contributed by atoms with van der Waals surface area (Å²) in [7, 11) is 0. The standard InChI is InChI=1S/C19H32N6O/c1-12(2)11-22-15-6-8-25(9-7-15)17(21)16(10-13(3)20)19-23-18(24-26-19)14-4-5-14/h10,12,14-15,21-22H,4-9,11,20H2,1-3H3,(H,23,24)/b13-10-,19-16+,21-17?. The van der Waals surface area contributed by atoms with Crippen LogP contribution in [-0.2, 0) is 4.84 Å². The van der Waals surface area contributed by atoms with Gasteiger partial charge in [0.15, 0.2) is 0 Å². The summed E-state index contributed by atoms with van der Waals surface area (Å²) in [6.07, 6.45) is 6.18. The predicted molar refractivity (Wildman–Crippen MR) is 105 cm³/mol. The van der Waals surface area contributed by atoms with Crippen LogP contribution in [0.5, 0.6) is 0 Å². The Kier molecular flexibility index (Phi) is 5.86. The Balaban J connectivity index is 1.67. The molecule has 26 heavy (non-hydrogen) atoms. The minimum absolute atomic E-state index is 0.440. The fraction of sp³-hybridized carbons (Fsp3) is 0.684. The first-order chi connectivity index (χ1) is 12.4. The maximum Gasteiger partial charge on any atom is 0.258 e. The zero-order valence-corrected chi connectivity index (χ0v) is 16.1. The van der Waals surface area contributed by atoms with Crippen LogP contribution in [0.2, 0.25) is 0 Å². The van der Waals surface area contributed by atoms with Crippen LogP contribution in [0.3, 0.4) is 0 Å². The van der Waals surface area contributed by atoms with Crippen LogP contribution >= 0.6 is 0 Å². The minimum Gasteiger partial charge on any atom is -0.402 e. The zero-order chi connectivity index (χ0) is 18.7. The van der Waals surface area contributed by atoms with Gasteiger partial charge >= 0.3 is 0 Å². The third-order valence-electron chi connectivity index (χ3n) is 4.92. The van der Waals surface area contributed by atoms with Crippen LogP contribution in [0.1, 0.15) is 46.5 Å². The summed E-state index contributed by atoms with van der Waals surface area (Å²) in [4.78, 5) is 12.2. The summed E-state index contributed by atoms with van der Waals surface area (Å²) in [6.45, 7) is 9.03. The van der Waals surface area contributed by atoms with Gasteiger partial charge in [-0.25, -0.2) is 5.48 Å². The van der Waals surface area contributed by atoms with Gasteiger partial charge in [-0.2, -0.15) is 4.99 Å². The summed E-state index contributed by atoms with van der Waals surface area (Å²) in [6, 6.07) is 0.535. The number of nitrogens with one attached hydrogen (secondary N) is 3. The topological polar surface area (TPSA) is 98.8 Å². The second kappa shape index (κ2) is 8.12. The molecular formula is C19H32N6O. The first-order valence-corrected chi connectivity index (χ1v) is 9.70. The second-order valence-electron chi connectivity index (χ2n) is 7.99. The van der Waals surface area contributed by atoms with Crippen molar-refractivity contribution in [2.24, 2.45) is 22.6 Å². The van der Waals surface area contributed by atoms with Crippen molar-refractivity contribution < 1.29 is 4.84 Å². The van der Waals surface area contributed by atoms with Crippen molar-refractivity contribution in [3.05, 3.63) is 23.2 Å². The Bertz CT molecular complexity index is 620. The lowest BCUT2D eigenvalue weighted by atomic mass is 10.0. The number of hydrogen-bond acceptors (Lipinski definition) is 6. The minimum atomic E-state index is 0.440. The average molecular weight is 361 g/mol. The van der Waals surface area contributed by atoms with Gasteiger partial charge in [-0.15, -0.1) is 0 Å². The van der Waals surface area contributed by atoms with Gasteiger partial charge in [0.25, 0.3) is 5.88 Å². The highest BCUT2D eigenvalue weighted by molar-refractivity contribution is 6.00. The monoisotopic (exact) mass is 360 g/mol. The van der Waals surface area contributed by atoms with Crippen molar-refractivity contribution in [1.29, 1.82) is 5.41 Å². The van der Waals surface area contributed by atoms with E-state index in [-0.39, 0.29) is 0 Å². The largest absolute Gasteiger partial charge is 0.402 e. The van der Waals surface area contributed by atoms with Crippen molar-refractivity contribution in [2.75, 3.05) is 19.6 Å². The lowest BCUT2D eigenvalue weighted by Gasteiger charge is -2.34. The third-order valence-corrected chi connectivity index (χ3v) is 4.92. The highest BCUT2D eigenvalue weighted by Crippen LogP contribution is 2.32. The molecule has 2 fully saturated rings. The van der Waals surface area contributed by atoms with Crippen LogP contribution in [-0.4, -0.2) is 42.2 Å². The molecule has 0 aromatic heterocycles. The number of piperidine rings is 1. The molecule has 3 rings (SSSR count). The maximum atomic E-state index is 8.69. The van der Waals surface area contributed by atoms with Gasteiger partial charge in [0.05, 0.1) is 5.57 Å². The highest BCUT2D eigenvalue weighted by atomic mass is 16.7. The van der Waals surface area contributed by atoms with Crippen molar-refractivity contribution in [3.63, 3.8) is 0 Å². The third kappa shape index (κ3) is 4.78. The van der Waals surface area contributed by atoms with Crippen molar-refractivity contribution >= 4 is 11.7 Å². The summed E-state index contributed by atoms with van der Waals surface area (Å²) in [5.41, 5.74) is 10.1. The Morgan fingerprint density at radius 2 is 2.08 bits per heavy atom. The number of nitrogens with two attached hydrogens (primary N) is 1. The molecule has 0 spiro atoms. The number of likely N-dealkylation sites (tertiary alicyclic amines) is 1. The van der Waals surface area contributed by atoms with Gasteiger partial charge in [0, 0.05) is 30.7 Å². The Morgan fingerprint density at radius 3 is 2.65 bits per heavy atom. The van der Waals surface area contributed by atoms with Gasteiger partial charge in [-0.1, -0.05) is 13.8 Å². The highest BCUT2D eigenvalue weighted by Gasteiger charge is 2.33. The van der Waals surface area contributed by atoms with E-state index in [1.165, 1.54) is 0 Å². The molecule has 0 amide bonds. The lowest BCUT2D eigenvalue weighted by Crippen LogP contribution is -2.46. The number of nitrogens with zero attached hydrogens (tertiary/aromatic N) is 2. The van der Waals surface area contributed by atoms with Gasteiger partial charge in [0.2, 0.25) is 0 Å². The second-order valence-corrected chi connectivity index (χ2v) is 7.99. The smallest absolute Gasteiger partial charge is 0.258 e. The molecule has 1 saturated carbocycles. The SMILES string of the molecule is C/C(N)=C/C(C(=N)N1CCC(NCC(C)C)CC1)=C1/N=C(C2CC2)NO1.